The van der Waals surface area contributed by atoms with Gasteiger partial charge in [0.05, 0.1) is 21.7 Å². The van der Waals surface area contributed by atoms with Gasteiger partial charge in [-0.3, -0.25) is 0 Å². The third-order valence-corrected chi connectivity index (χ3v) is 4.80. The molecule has 5 heteroatoms. The van der Waals surface area contributed by atoms with E-state index in [9.17, 15) is 5.11 Å². The van der Waals surface area contributed by atoms with Gasteiger partial charge in [0.25, 0.3) is 0 Å². The molecule has 0 spiro atoms. The maximum Gasteiger partial charge on any atom is 0.147 e. The first kappa shape index (κ1) is 16.3. The molecule has 0 saturated heterocycles. The van der Waals surface area contributed by atoms with Gasteiger partial charge >= 0.3 is 0 Å². The van der Waals surface area contributed by atoms with Crippen molar-refractivity contribution in [1.82, 2.24) is 5.32 Å². The van der Waals surface area contributed by atoms with E-state index in [1.807, 2.05) is 6.92 Å². The van der Waals surface area contributed by atoms with Gasteiger partial charge in [-0.15, -0.1) is 0 Å². The molecule has 1 fully saturated rings. The number of aliphatic hydroxyl groups excluding tert-OH is 1. The molecule has 2 atom stereocenters. The van der Waals surface area contributed by atoms with E-state index in [0.29, 0.717) is 12.5 Å². The van der Waals surface area contributed by atoms with Crippen LogP contribution in [0, 0.1) is 5.92 Å². The Hall–Kier alpha value is -0.100. The van der Waals surface area contributed by atoms with Crippen LogP contribution in [-0.2, 0) is 6.54 Å². The summed E-state index contributed by atoms with van der Waals surface area (Å²) in [6, 6.07) is 4.18. The molecule has 0 aliphatic heterocycles. The SMILES string of the molecule is CCOc1c(Br)cc(CNCC2CCC(O)C2)cc1Br. The van der Waals surface area contributed by atoms with Gasteiger partial charge in [0.15, 0.2) is 0 Å². The molecule has 1 saturated carbocycles. The van der Waals surface area contributed by atoms with E-state index in [1.54, 1.807) is 0 Å². The molecular formula is C15H21Br2NO2. The summed E-state index contributed by atoms with van der Waals surface area (Å²) >= 11 is 7.10. The summed E-state index contributed by atoms with van der Waals surface area (Å²) in [7, 11) is 0. The number of hydrogen-bond acceptors (Lipinski definition) is 3. The Bertz CT molecular complexity index is 430. The van der Waals surface area contributed by atoms with Gasteiger partial charge in [-0.25, -0.2) is 0 Å². The van der Waals surface area contributed by atoms with E-state index in [0.717, 1.165) is 47.0 Å². The van der Waals surface area contributed by atoms with Crippen molar-refractivity contribution in [2.75, 3.05) is 13.2 Å². The van der Waals surface area contributed by atoms with Crippen molar-refractivity contribution in [3.05, 3.63) is 26.6 Å². The Balaban J connectivity index is 1.87. The monoisotopic (exact) mass is 405 g/mol. The Kier molecular flexibility index (Phi) is 6.33. The van der Waals surface area contributed by atoms with Gasteiger partial charge in [0.1, 0.15) is 5.75 Å². The minimum absolute atomic E-state index is 0.0874. The summed E-state index contributed by atoms with van der Waals surface area (Å²) in [5.74, 6) is 1.47. The largest absolute Gasteiger partial charge is 0.492 e. The first-order valence-corrected chi connectivity index (χ1v) is 8.68. The molecule has 1 aromatic rings. The fourth-order valence-corrected chi connectivity index (χ4v) is 4.16. The van der Waals surface area contributed by atoms with Crippen molar-refractivity contribution >= 4 is 31.9 Å². The lowest BCUT2D eigenvalue weighted by Crippen LogP contribution is -2.21. The zero-order valence-electron chi connectivity index (χ0n) is 11.7. The van der Waals surface area contributed by atoms with Gasteiger partial charge in [-0.2, -0.15) is 0 Å². The van der Waals surface area contributed by atoms with Crippen molar-refractivity contribution in [3.8, 4) is 5.75 Å². The minimum Gasteiger partial charge on any atom is -0.492 e. The third kappa shape index (κ3) is 4.45. The lowest BCUT2D eigenvalue weighted by atomic mass is 10.1. The summed E-state index contributed by atoms with van der Waals surface area (Å²) in [5, 5.41) is 13.0. The highest BCUT2D eigenvalue weighted by molar-refractivity contribution is 9.11. The molecule has 1 aliphatic carbocycles. The highest BCUT2D eigenvalue weighted by Gasteiger charge is 2.22. The van der Waals surface area contributed by atoms with Crippen LogP contribution in [0.2, 0.25) is 0 Å². The first-order valence-electron chi connectivity index (χ1n) is 7.09. The van der Waals surface area contributed by atoms with E-state index >= 15 is 0 Å². The summed E-state index contributed by atoms with van der Waals surface area (Å²) in [6.45, 7) is 4.43. The van der Waals surface area contributed by atoms with Crippen LogP contribution in [0.25, 0.3) is 0 Å². The minimum atomic E-state index is -0.0874. The van der Waals surface area contributed by atoms with Crippen LogP contribution in [-0.4, -0.2) is 24.4 Å². The number of halogens is 2. The topological polar surface area (TPSA) is 41.5 Å². The van der Waals surface area contributed by atoms with Crippen molar-refractivity contribution in [2.45, 2.75) is 38.8 Å². The highest BCUT2D eigenvalue weighted by atomic mass is 79.9. The number of ether oxygens (including phenoxy) is 1. The normalized spacial score (nSPS) is 22.2. The van der Waals surface area contributed by atoms with Gasteiger partial charge in [0.2, 0.25) is 0 Å². The fraction of sp³-hybridized carbons (Fsp3) is 0.600. The van der Waals surface area contributed by atoms with Crippen molar-refractivity contribution in [3.63, 3.8) is 0 Å². The molecule has 0 heterocycles. The number of aliphatic hydroxyl groups is 1. The molecule has 112 valence electrons. The van der Waals surface area contributed by atoms with E-state index < -0.39 is 0 Å². The number of benzene rings is 1. The molecule has 2 N–H and O–H groups in total. The smallest absolute Gasteiger partial charge is 0.147 e. The standard InChI is InChI=1S/C15H21Br2NO2/c1-2-20-15-13(16)6-11(7-14(15)17)9-18-8-10-3-4-12(19)5-10/h6-7,10,12,18-19H,2-5,8-9H2,1H3. The molecule has 0 radical (unpaired) electrons. The molecular weight excluding hydrogens is 386 g/mol. The van der Waals surface area contributed by atoms with Crippen molar-refractivity contribution in [2.24, 2.45) is 5.92 Å². The second kappa shape index (κ2) is 7.78. The van der Waals surface area contributed by atoms with E-state index in [4.69, 9.17) is 4.74 Å². The summed E-state index contributed by atoms with van der Waals surface area (Å²) in [5.41, 5.74) is 1.21. The summed E-state index contributed by atoms with van der Waals surface area (Å²) in [4.78, 5) is 0. The second-order valence-electron chi connectivity index (χ2n) is 5.29. The lowest BCUT2D eigenvalue weighted by molar-refractivity contribution is 0.177. The molecule has 0 aromatic heterocycles. The van der Waals surface area contributed by atoms with Crippen molar-refractivity contribution < 1.29 is 9.84 Å². The molecule has 0 amide bonds. The van der Waals surface area contributed by atoms with Crippen molar-refractivity contribution in [1.29, 1.82) is 0 Å². The number of rotatable bonds is 6. The van der Waals surface area contributed by atoms with Gasteiger partial charge in [0, 0.05) is 6.54 Å². The van der Waals surface area contributed by atoms with Crippen LogP contribution in [0.5, 0.6) is 5.75 Å². The van der Waals surface area contributed by atoms with E-state index in [-0.39, 0.29) is 6.10 Å². The predicted octanol–water partition coefficient (Wildman–Crippen LogP) is 3.86. The average Bonchev–Trinajstić information content (AvgIpc) is 2.80. The maximum atomic E-state index is 9.52. The van der Waals surface area contributed by atoms with Crippen LogP contribution in [0.3, 0.4) is 0 Å². The number of nitrogens with one attached hydrogen (secondary N) is 1. The summed E-state index contributed by atoms with van der Waals surface area (Å²) < 4.78 is 7.53. The average molecular weight is 407 g/mol. The lowest BCUT2D eigenvalue weighted by Gasteiger charge is -2.13. The molecule has 20 heavy (non-hydrogen) atoms. The zero-order chi connectivity index (χ0) is 14.5. The zero-order valence-corrected chi connectivity index (χ0v) is 14.8. The molecule has 3 nitrogen and oxygen atoms in total. The maximum absolute atomic E-state index is 9.52. The van der Waals surface area contributed by atoms with Crippen LogP contribution in [0.15, 0.2) is 21.1 Å². The first-order chi connectivity index (χ1) is 9.60. The fourth-order valence-electron chi connectivity index (χ4n) is 2.65. The van der Waals surface area contributed by atoms with Gasteiger partial charge in [-0.1, -0.05) is 0 Å². The highest BCUT2D eigenvalue weighted by Crippen LogP contribution is 2.34. The van der Waals surface area contributed by atoms with Crippen LogP contribution in [0.1, 0.15) is 31.7 Å². The molecule has 1 aromatic carbocycles. The third-order valence-electron chi connectivity index (χ3n) is 3.62. The van der Waals surface area contributed by atoms with Crippen LogP contribution >= 0.6 is 31.9 Å². The quantitative estimate of drug-likeness (QED) is 0.753. The van der Waals surface area contributed by atoms with Crippen LogP contribution in [0.4, 0.5) is 0 Å². The molecule has 1 aliphatic rings. The van der Waals surface area contributed by atoms with Crippen LogP contribution < -0.4 is 10.1 Å². The Morgan fingerprint density at radius 1 is 1.30 bits per heavy atom. The van der Waals surface area contributed by atoms with Gasteiger partial charge < -0.3 is 15.2 Å². The van der Waals surface area contributed by atoms with Gasteiger partial charge in [-0.05, 0) is 88.2 Å². The molecule has 2 unspecified atom stereocenters. The Labute approximate surface area is 137 Å². The second-order valence-corrected chi connectivity index (χ2v) is 6.99. The van der Waals surface area contributed by atoms with E-state index in [1.165, 1.54) is 5.56 Å². The van der Waals surface area contributed by atoms with E-state index in [2.05, 4.69) is 49.3 Å². The summed E-state index contributed by atoms with van der Waals surface area (Å²) in [6.07, 6.45) is 2.93. The Morgan fingerprint density at radius 3 is 2.55 bits per heavy atom. The Morgan fingerprint density at radius 2 is 2.00 bits per heavy atom. The predicted molar refractivity (Wildman–Crippen MR) is 88.1 cm³/mol. The number of hydrogen-bond donors (Lipinski definition) is 2. The molecule has 2 rings (SSSR count). The molecule has 0 bridgehead atoms.